The Morgan fingerprint density at radius 1 is 1.21 bits per heavy atom. The summed E-state index contributed by atoms with van der Waals surface area (Å²) in [5.41, 5.74) is 2.22. The molecule has 6 nitrogen and oxygen atoms in total. The topological polar surface area (TPSA) is 74.8 Å². The molecule has 0 saturated heterocycles. The standard InChI is InChI=1S/C21H20FN5OS/c1-15-8-10-16(11-9-15)27-20(17-6-3-4-7-18(17)22)24-25-21(27)29-14-19(28)26(2)13-5-12-23/h3-4,6-11H,5,13-14H2,1-2H3. The summed E-state index contributed by atoms with van der Waals surface area (Å²) in [6.07, 6.45) is 0.282. The van der Waals surface area contributed by atoms with Crippen LogP contribution in [0.1, 0.15) is 12.0 Å². The number of rotatable bonds is 7. The molecule has 29 heavy (non-hydrogen) atoms. The third kappa shape index (κ3) is 4.81. The van der Waals surface area contributed by atoms with Gasteiger partial charge in [-0.3, -0.25) is 9.36 Å². The lowest BCUT2D eigenvalue weighted by Gasteiger charge is -2.15. The number of nitriles is 1. The van der Waals surface area contributed by atoms with E-state index < -0.39 is 5.82 Å². The maximum atomic E-state index is 14.4. The lowest BCUT2D eigenvalue weighted by Crippen LogP contribution is -2.29. The zero-order valence-corrected chi connectivity index (χ0v) is 17.0. The Kier molecular flexibility index (Phi) is 6.62. The second-order valence-corrected chi connectivity index (χ2v) is 7.41. The number of aryl methyl sites for hydroxylation is 1. The minimum atomic E-state index is -0.392. The van der Waals surface area contributed by atoms with E-state index in [0.717, 1.165) is 11.3 Å². The first-order valence-electron chi connectivity index (χ1n) is 9.02. The molecular weight excluding hydrogens is 389 g/mol. The highest BCUT2D eigenvalue weighted by Gasteiger charge is 2.20. The Bertz CT molecular complexity index is 1040. The van der Waals surface area contributed by atoms with Crippen LogP contribution in [0.3, 0.4) is 0 Å². The second-order valence-electron chi connectivity index (χ2n) is 6.47. The Hall–Kier alpha value is -3.18. The van der Waals surface area contributed by atoms with Crippen molar-refractivity contribution in [3.63, 3.8) is 0 Å². The summed E-state index contributed by atoms with van der Waals surface area (Å²) in [6, 6.07) is 16.2. The highest BCUT2D eigenvalue weighted by molar-refractivity contribution is 7.99. The molecule has 0 aliphatic carbocycles. The highest BCUT2D eigenvalue weighted by Crippen LogP contribution is 2.29. The van der Waals surface area contributed by atoms with Gasteiger partial charge in [-0.15, -0.1) is 10.2 Å². The average molecular weight is 409 g/mol. The fourth-order valence-corrected chi connectivity index (χ4v) is 3.58. The molecule has 148 valence electrons. The molecule has 1 aromatic heterocycles. The van der Waals surface area contributed by atoms with Crippen molar-refractivity contribution in [3.05, 3.63) is 59.9 Å². The number of hydrogen-bond acceptors (Lipinski definition) is 5. The van der Waals surface area contributed by atoms with Crippen molar-refractivity contribution in [1.82, 2.24) is 19.7 Å². The number of halogens is 1. The molecule has 0 spiro atoms. The first-order chi connectivity index (χ1) is 14.0. The predicted octanol–water partition coefficient (Wildman–Crippen LogP) is 3.85. The van der Waals surface area contributed by atoms with E-state index >= 15 is 0 Å². The van der Waals surface area contributed by atoms with Gasteiger partial charge in [0.1, 0.15) is 5.82 Å². The SMILES string of the molecule is Cc1ccc(-n2c(SCC(=O)N(C)CCC#N)nnc2-c2ccccc2F)cc1. The van der Waals surface area contributed by atoms with Crippen molar-refractivity contribution in [3.8, 4) is 23.1 Å². The van der Waals surface area contributed by atoms with Gasteiger partial charge in [0.25, 0.3) is 0 Å². The molecule has 0 atom stereocenters. The molecule has 0 saturated carbocycles. The van der Waals surface area contributed by atoms with Crippen molar-refractivity contribution < 1.29 is 9.18 Å². The normalized spacial score (nSPS) is 10.6. The highest BCUT2D eigenvalue weighted by atomic mass is 32.2. The number of nitrogens with zero attached hydrogens (tertiary/aromatic N) is 5. The van der Waals surface area contributed by atoms with Gasteiger partial charge in [-0.05, 0) is 31.2 Å². The lowest BCUT2D eigenvalue weighted by molar-refractivity contribution is -0.127. The van der Waals surface area contributed by atoms with Crippen LogP contribution in [0.4, 0.5) is 4.39 Å². The summed E-state index contributed by atoms with van der Waals surface area (Å²) in [6.45, 7) is 2.36. The van der Waals surface area contributed by atoms with Gasteiger partial charge in [0.05, 0.1) is 23.8 Å². The van der Waals surface area contributed by atoms with Crippen molar-refractivity contribution in [1.29, 1.82) is 5.26 Å². The predicted molar refractivity (Wildman–Crippen MR) is 110 cm³/mol. The third-order valence-electron chi connectivity index (χ3n) is 4.35. The van der Waals surface area contributed by atoms with Gasteiger partial charge in [-0.2, -0.15) is 5.26 Å². The van der Waals surface area contributed by atoms with Crippen LogP contribution in [-0.4, -0.2) is 44.9 Å². The van der Waals surface area contributed by atoms with Gasteiger partial charge in [0.15, 0.2) is 11.0 Å². The van der Waals surface area contributed by atoms with Crippen LogP contribution in [-0.2, 0) is 4.79 Å². The molecule has 1 heterocycles. The number of hydrogen-bond donors (Lipinski definition) is 0. The van der Waals surface area contributed by atoms with Crippen LogP contribution in [0.15, 0.2) is 53.7 Å². The molecular formula is C21H20FN5OS. The van der Waals surface area contributed by atoms with Crippen LogP contribution >= 0.6 is 11.8 Å². The number of carbonyl (C=O) groups excluding carboxylic acids is 1. The molecule has 0 fully saturated rings. The van der Waals surface area contributed by atoms with E-state index in [4.69, 9.17) is 5.26 Å². The molecule has 3 aromatic rings. The molecule has 1 amide bonds. The number of benzene rings is 2. The molecule has 0 unspecified atom stereocenters. The lowest BCUT2D eigenvalue weighted by atomic mass is 10.2. The van der Waals surface area contributed by atoms with Crippen molar-refractivity contribution >= 4 is 17.7 Å². The molecule has 0 radical (unpaired) electrons. The summed E-state index contributed by atoms with van der Waals surface area (Å²) in [4.78, 5) is 13.8. The maximum absolute atomic E-state index is 14.4. The second kappa shape index (κ2) is 9.34. The van der Waals surface area contributed by atoms with Crippen LogP contribution < -0.4 is 0 Å². The Labute approximate surface area is 173 Å². The number of amides is 1. The first kappa shape index (κ1) is 20.6. The van der Waals surface area contributed by atoms with E-state index in [2.05, 4.69) is 10.2 Å². The Morgan fingerprint density at radius 3 is 2.62 bits per heavy atom. The first-order valence-corrected chi connectivity index (χ1v) is 10.0. The molecule has 2 aromatic carbocycles. The summed E-state index contributed by atoms with van der Waals surface area (Å²) >= 11 is 1.23. The van der Waals surface area contributed by atoms with Crippen molar-refractivity contribution in [2.75, 3.05) is 19.3 Å². The smallest absolute Gasteiger partial charge is 0.232 e. The van der Waals surface area contributed by atoms with Gasteiger partial charge in [0.2, 0.25) is 5.91 Å². The van der Waals surface area contributed by atoms with Crippen LogP contribution in [0.2, 0.25) is 0 Å². The monoisotopic (exact) mass is 409 g/mol. The van der Waals surface area contributed by atoms with E-state index in [-0.39, 0.29) is 18.1 Å². The summed E-state index contributed by atoms with van der Waals surface area (Å²) in [5.74, 6) is 0.0106. The van der Waals surface area contributed by atoms with Crippen molar-refractivity contribution in [2.24, 2.45) is 0 Å². The largest absolute Gasteiger partial charge is 0.344 e. The molecule has 0 aliphatic rings. The Morgan fingerprint density at radius 2 is 1.93 bits per heavy atom. The zero-order chi connectivity index (χ0) is 20.8. The summed E-state index contributed by atoms with van der Waals surface area (Å²) in [7, 11) is 1.66. The number of thioether (sulfide) groups is 1. The van der Waals surface area contributed by atoms with E-state index in [1.165, 1.54) is 22.7 Å². The molecule has 8 heteroatoms. The number of carbonyl (C=O) groups is 1. The van der Waals surface area contributed by atoms with Crippen LogP contribution in [0.5, 0.6) is 0 Å². The Balaban J connectivity index is 1.94. The number of aromatic nitrogens is 3. The van der Waals surface area contributed by atoms with Gasteiger partial charge in [0, 0.05) is 19.3 Å². The summed E-state index contributed by atoms with van der Waals surface area (Å²) < 4.78 is 16.2. The average Bonchev–Trinajstić information content (AvgIpc) is 3.14. The molecule has 0 bridgehead atoms. The zero-order valence-electron chi connectivity index (χ0n) is 16.2. The van der Waals surface area contributed by atoms with Gasteiger partial charge in [-0.25, -0.2) is 4.39 Å². The van der Waals surface area contributed by atoms with Crippen LogP contribution in [0, 0.1) is 24.1 Å². The summed E-state index contributed by atoms with van der Waals surface area (Å²) in [5, 5.41) is 17.6. The van der Waals surface area contributed by atoms with E-state index in [1.807, 2.05) is 37.3 Å². The third-order valence-corrected chi connectivity index (χ3v) is 5.26. The minimum absolute atomic E-state index is 0.115. The van der Waals surface area contributed by atoms with Gasteiger partial charge < -0.3 is 4.90 Å². The quantitative estimate of drug-likeness (QED) is 0.554. The van der Waals surface area contributed by atoms with E-state index in [0.29, 0.717) is 23.1 Å². The molecule has 0 N–H and O–H groups in total. The van der Waals surface area contributed by atoms with Crippen molar-refractivity contribution in [2.45, 2.75) is 18.5 Å². The minimum Gasteiger partial charge on any atom is -0.344 e. The van der Waals surface area contributed by atoms with Crippen LogP contribution in [0.25, 0.3) is 17.1 Å². The van der Waals surface area contributed by atoms with E-state index in [1.54, 1.807) is 29.8 Å². The van der Waals surface area contributed by atoms with Gasteiger partial charge in [-0.1, -0.05) is 41.6 Å². The molecule has 3 rings (SSSR count). The molecule has 0 aliphatic heterocycles. The van der Waals surface area contributed by atoms with E-state index in [9.17, 15) is 9.18 Å². The fraction of sp³-hybridized carbons (Fsp3) is 0.238. The fourth-order valence-electron chi connectivity index (χ4n) is 2.69. The maximum Gasteiger partial charge on any atom is 0.232 e. The van der Waals surface area contributed by atoms with Gasteiger partial charge >= 0.3 is 0 Å².